The lowest BCUT2D eigenvalue weighted by Crippen LogP contribution is -2.35. The number of amides is 2. The zero-order chi connectivity index (χ0) is 20.3. The molecule has 2 aromatic carbocycles. The van der Waals surface area contributed by atoms with Gasteiger partial charge < -0.3 is 10.2 Å². The van der Waals surface area contributed by atoms with Gasteiger partial charge in [0.1, 0.15) is 0 Å². The van der Waals surface area contributed by atoms with Gasteiger partial charge in [0, 0.05) is 36.4 Å². The van der Waals surface area contributed by atoms with E-state index in [0.29, 0.717) is 29.4 Å². The van der Waals surface area contributed by atoms with E-state index >= 15 is 0 Å². The highest BCUT2D eigenvalue weighted by Gasteiger charge is 2.24. The van der Waals surface area contributed by atoms with Crippen LogP contribution in [0, 0.1) is 0 Å². The molecule has 0 saturated carbocycles. The zero-order valence-corrected chi connectivity index (χ0v) is 16.8. The van der Waals surface area contributed by atoms with E-state index in [2.05, 4.69) is 5.32 Å². The van der Waals surface area contributed by atoms with Crippen LogP contribution in [0.5, 0.6) is 0 Å². The van der Waals surface area contributed by atoms with Crippen LogP contribution in [-0.2, 0) is 19.6 Å². The van der Waals surface area contributed by atoms with Gasteiger partial charge >= 0.3 is 0 Å². The van der Waals surface area contributed by atoms with Crippen molar-refractivity contribution in [3.05, 3.63) is 53.6 Å². The summed E-state index contributed by atoms with van der Waals surface area (Å²) in [6.07, 6.45) is 1.33. The van der Waals surface area contributed by atoms with Gasteiger partial charge in [-0.25, -0.2) is 8.42 Å². The van der Waals surface area contributed by atoms with Crippen LogP contribution in [0.1, 0.15) is 12.8 Å². The van der Waals surface area contributed by atoms with Crippen LogP contribution in [-0.4, -0.2) is 44.7 Å². The molecule has 9 heteroatoms. The molecule has 0 radical (unpaired) electrons. The number of anilines is 2. The highest BCUT2D eigenvalue weighted by Crippen LogP contribution is 2.24. The smallest absolute Gasteiger partial charge is 0.243 e. The van der Waals surface area contributed by atoms with Gasteiger partial charge in [0.2, 0.25) is 21.8 Å². The van der Waals surface area contributed by atoms with Crippen LogP contribution < -0.4 is 10.2 Å². The molecule has 0 spiro atoms. The number of nitrogens with zero attached hydrogens (tertiary/aromatic N) is 2. The third kappa shape index (κ3) is 4.52. The van der Waals surface area contributed by atoms with Crippen molar-refractivity contribution in [2.75, 3.05) is 30.4 Å². The molecule has 1 heterocycles. The Morgan fingerprint density at radius 2 is 1.93 bits per heavy atom. The Morgan fingerprint density at radius 1 is 1.21 bits per heavy atom. The first-order chi connectivity index (χ1) is 13.3. The van der Waals surface area contributed by atoms with E-state index in [9.17, 15) is 18.0 Å². The molecule has 1 aliphatic rings. The number of likely N-dealkylation sites (N-methyl/N-ethyl adjacent to an activating group) is 1. The van der Waals surface area contributed by atoms with Gasteiger partial charge in [-0.3, -0.25) is 9.59 Å². The number of rotatable bonds is 6. The number of sulfonamides is 1. The van der Waals surface area contributed by atoms with Gasteiger partial charge in [-0.05, 0) is 48.9 Å². The maximum absolute atomic E-state index is 12.6. The van der Waals surface area contributed by atoms with E-state index in [1.807, 2.05) is 0 Å². The van der Waals surface area contributed by atoms with Gasteiger partial charge in [-0.2, -0.15) is 4.31 Å². The maximum atomic E-state index is 12.6. The summed E-state index contributed by atoms with van der Waals surface area (Å²) in [5.41, 5.74) is 1.21. The summed E-state index contributed by atoms with van der Waals surface area (Å²) in [5, 5.41) is 3.11. The van der Waals surface area contributed by atoms with Gasteiger partial charge in [-0.15, -0.1) is 0 Å². The number of carbonyl (C=O) groups is 2. The van der Waals surface area contributed by atoms with Crippen LogP contribution in [0.25, 0.3) is 0 Å². The molecule has 0 unspecified atom stereocenters. The first-order valence-electron chi connectivity index (χ1n) is 8.69. The molecular weight excluding hydrogens is 402 g/mol. The molecule has 0 aromatic heterocycles. The van der Waals surface area contributed by atoms with E-state index in [1.54, 1.807) is 29.2 Å². The molecular formula is C19H20ClN3O4S. The third-order valence-corrected chi connectivity index (χ3v) is 6.47. The van der Waals surface area contributed by atoms with Crippen molar-refractivity contribution in [1.29, 1.82) is 0 Å². The monoisotopic (exact) mass is 421 g/mol. The first-order valence-corrected chi connectivity index (χ1v) is 10.5. The minimum atomic E-state index is -3.81. The minimum Gasteiger partial charge on any atom is -0.325 e. The molecule has 7 nitrogen and oxygen atoms in total. The Labute approximate surface area is 168 Å². The van der Waals surface area contributed by atoms with Crippen molar-refractivity contribution in [3.8, 4) is 0 Å². The van der Waals surface area contributed by atoms with Crippen molar-refractivity contribution in [2.45, 2.75) is 17.7 Å². The van der Waals surface area contributed by atoms with Crippen molar-refractivity contribution in [2.24, 2.45) is 0 Å². The largest absolute Gasteiger partial charge is 0.325 e. The normalized spacial score (nSPS) is 14.5. The number of hydrogen-bond acceptors (Lipinski definition) is 4. The molecule has 0 aliphatic carbocycles. The van der Waals surface area contributed by atoms with E-state index < -0.39 is 15.9 Å². The van der Waals surface area contributed by atoms with Gasteiger partial charge in [0.25, 0.3) is 0 Å². The van der Waals surface area contributed by atoms with Crippen molar-refractivity contribution in [3.63, 3.8) is 0 Å². The molecule has 28 heavy (non-hydrogen) atoms. The molecule has 3 rings (SSSR count). The molecule has 2 amide bonds. The average Bonchev–Trinajstić information content (AvgIpc) is 3.08. The summed E-state index contributed by atoms with van der Waals surface area (Å²) in [4.78, 5) is 25.9. The molecule has 1 aliphatic heterocycles. The molecule has 2 aromatic rings. The van der Waals surface area contributed by atoms with Gasteiger partial charge in [0.15, 0.2) is 0 Å². The summed E-state index contributed by atoms with van der Waals surface area (Å²) in [7, 11) is -2.47. The van der Waals surface area contributed by atoms with Crippen LogP contribution in [0.4, 0.5) is 11.4 Å². The molecule has 1 saturated heterocycles. The Balaban J connectivity index is 1.67. The highest BCUT2D eigenvalue weighted by atomic mass is 35.5. The van der Waals surface area contributed by atoms with Crippen LogP contribution in [0.15, 0.2) is 53.4 Å². The quantitative estimate of drug-likeness (QED) is 0.776. The SMILES string of the molecule is CN(CC(=O)Nc1cccc(N2CCCC2=O)c1)S(=O)(=O)c1ccc(Cl)cc1. The fraction of sp³-hybridized carbons (Fsp3) is 0.263. The second-order valence-electron chi connectivity index (χ2n) is 6.46. The predicted octanol–water partition coefficient (Wildman–Crippen LogP) is 2.73. The first kappa shape index (κ1) is 20.3. The number of carbonyl (C=O) groups excluding carboxylic acids is 2. The average molecular weight is 422 g/mol. The Bertz CT molecular complexity index is 992. The number of hydrogen-bond donors (Lipinski definition) is 1. The molecule has 0 atom stereocenters. The number of halogens is 1. The Kier molecular flexibility index (Phi) is 6.02. The highest BCUT2D eigenvalue weighted by molar-refractivity contribution is 7.89. The van der Waals surface area contributed by atoms with E-state index in [4.69, 9.17) is 11.6 Å². The second kappa shape index (κ2) is 8.30. The van der Waals surface area contributed by atoms with Crippen molar-refractivity contribution in [1.82, 2.24) is 4.31 Å². The number of benzene rings is 2. The summed E-state index contributed by atoms with van der Waals surface area (Å²) >= 11 is 5.79. The second-order valence-corrected chi connectivity index (χ2v) is 8.94. The van der Waals surface area contributed by atoms with E-state index in [1.165, 1.54) is 31.3 Å². The summed E-state index contributed by atoms with van der Waals surface area (Å²) in [6.45, 7) is 0.302. The molecule has 0 bridgehead atoms. The fourth-order valence-corrected chi connectivity index (χ4v) is 4.20. The zero-order valence-electron chi connectivity index (χ0n) is 15.3. The van der Waals surface area contributed by atoms with Gasteiger partial charge in [-0.1, -0.05) is 17.7 Å². The lowest BCUT2D eigenvalue weighted by molar-refractivity contribution is -0.117. The Hall–Kier alpha value is -2.42. The predicted molar refractivity (Wildman–Crippen MR) is 108 cm³/mol. The molecule has 148 valence electrons. The lowest BCUT2D eigenvalue weighted by atomic mass is 10.2. The summed E-state index contributed by atoms with van der Waals surface area (Å²) < 4.78 is 26.1. The fourth-order valence-electron chi connectivity index (χ4n) is 2.95. The van der Waals surface area contributed by atoms with E-state index in [0.717, 1.165) is 10.7 Å². The van der Waals surface area contributed by atoms with Crippen LogP contribution in [0.2, 0.25) is 5.02 Å². The van der Waals surface area contributed by atoms with Crippen LogP contribution in [0.3, 0.4) is 0 Å². The molecule has 1 N–H and O–H groups in total. The standard InChI is InChI=1S/C19H20ClN3O4S/c1-22(28(26,27)17-9-7-14(20)8-10-17)13-18(24)21-15-4-2-5-16(12-15)23-11-3-6-19(23)25/h2,4-5,7-10,12H,3,6,11,13H2,1H3,(H,21,24). The topological polar surface area (TPSA) is 86.8 Å². The third-order valence-electron chi connectivity index (χ3n) is 4.40. The maximum Gasteiger partial charge on any atom is 0.243 e. The summed E-state index contributed by atoms with van der Waals surface area (Å²) in [5.74, 6) is -0.429. The van der Waals surface area contributed by atoms with Gasteiger partial charge in [0.05, 0.1) is 11.4 Å². The lowest BCUT2D eigenvalue weighted by Gasteiger charge is -2.18. The van der Waals surface area contributed by atoms with Crippen molar-refractivity contribution < 1.29 is 18.0 Å². The van der Waals surface area contributed by atoms with Crippen LogP contribution >= 0.6 is 11.6 Å². The Morgan fingerprint density at radius 3 is 2.57 bits per heavy atom. The van der Waals surface area contributed by atoms with E-state index in [-0.39, 0.29) is 17.3 Å². The molecule has 1 fully saturated rings. The summed E-state index contributed by atoms with van der Waals surface area (Å²) in [6, 6.07) is 12.7. The number of nitrogens with one attached hydrogen (secondary N) is 1. The van der Waals surface area contributed by atoms with Crippen molar-refractivity contribution >= 4 is 44.8 Å². The minimum absolute atomic E-state index is 0.0530.